The fourth-order valence-electron chi connectivity index (χ4n) is 2.28. The van der Waals surface area contributed by atoms with E-state index in [9.17, 15) is 4.79 Å². The maximum absolute atomic E-state index is 11.7. The molecular formula is C16H21ClN4O2. The van der Waals surface area contributed by atoms with Crippen LogP contribution in [0.3, 0.4) is 0 Å². The second-order valence-electron chi connectivity index (χ2n) is 5.46. The van der Waals surface area contributed by atoms with Crippen molar-refractivity contribution in [3.05, 3.63) is 35.7 Å². The van der Waals surface area contributed by atoms with Gasteiger partial charge in [0, 0.05) is 31.6 Å². The van der Waals surface area contributed by atoms with Crippen LogP contribution in [-0.2, 0) is 17.6 Å². The molecule has 124 valence electrons. The third kappa shape index (κ3) is 4.30. The molecule has 2 N–H and O–H groups in total. The Morgan fingerprint density at radius 2 is 2.09 bits per heavy atom. The van der Waals surface area contributed by atoms with Crippen molar-refractivity contribution in [1.29, 1.82) is 0 Å². The van der Waals surface area contributed by atoms with Gasteiger partial charge in [0.15, 0.2) is 5.82 Å². The van der Waals surface area contributed by atoms with Gasteiger partial charge in [-0.05, 0) is 24.1 Å². The van der Waals surface area contributed by atoms with Crippen molar-refractivity contribution in [3.63, 3.8) is 0 Å². The zero-order valence-corrected chi connectivity index (χ0v) is 13.9. The minimum atomic E-state index is 0. The molecule has 1 aromatic carbocycles. The lowest BCUT2D eigenvalue weighted by Gasteiger charge is -2.25. The normalized spacial score (nSPS) is 14.0. The average Bonchev–Trinajstić information content (AvgIpc) is 2.95. The van der Waals surface area contributed by atoms with E-state index in [0.29, 0.717) is 18.3 Å². The van der Waals surface area contributed by atoms with E-state index >= 15 is 0 Å². The summed E-state index contributed by atoms with van der Waals surface area (Å²) in [4.78, 5) is 16.0. The molecule has 0 aliphatic carbocycles. The number of benzene rings is 1. The number of hydrogen-bond donors (Lipinski definition) is 2. The summed E-state index contributed by atoms with van der Waals surface area (Å²) >= 11 is 0. The summed E-state index contributed by atoms with van der Waals surface area (Å²) in [7, 11) is 0. The highest BCUT2D eigenvalue weighted by Gasteiger charge is 2.24. The Bertz CT molecular complexity index is 638. The van der Waals surface area contributed by atoms with Crippen LogP contribution in [-0.4, -0.2) is 35.7 Å². The highest BCUT2D eigenvalue weighted by molar-refractivity contribution is 5.85. The summed E-state index contributed by atoms with van der Waals surface area (Å²) in [6.45, 7) is 4.25. The average molecular weight is 337 g/mol. The van der Waals surface area contributed by atoms with Crippen molar-refractivity contribution >= 4 is 18.3 Å². The SMILES string of the molecule is CCc1noc(-c2ccc(CCNC(=O)C3CNC3)cc2)n1.Cl. The van der Waals surface area contributed by atoms with Crippen molar-refractivity contribution in [2.75, 3.05) is 19.6 Å². The molecule has 0 radical (unpaired) electrons. The standard InChI is InChI=1S/C16H20N4O2.ClH/c1-2-14-19-16(22-20-14)12-5-3-11(4-6-12)7-8-18-15(21)13-9-17-10-13;/h3-6,13,17H,2,7-10H2,1H3,(H,18,21);1H. The third-order valence-electron chi connectivity index (χ3n) is 3.85. The quantitative estimate of drug-likeness (QED) is 0.837. The number of halogens is 1. The number of nitrogens with zero attached hydrogens (tertiary/aromatic N) is 2. The molecule has 1 aliphatic heterocycles. The van der Waals surface area contributed by atoms with Gasteiger partial charge in [0.1, 0.15) is 0 Å². The summed E-state index contributed by atoms with van der Waals surface area (Å²) < 4.78 is 5.22. The van der Waals surface area contributed by atoms with Crippen molar-refractivity contribution < 1.29 is 9.32 Å². The number of nitrogens with one attached hydrogen (secondary N) is 2. The Balaban J connectivity index is 0.00000192. The molecule has 1 aliphatic rings. The Kier molecular flexibility index (Phi) is 6.12. The number of aromatic nitrogens is 2. The van der Waals surface area contributed by atoms with Crippen molar-refractivity contribution in [3.8, 4) is 11.5 Å². The number of carbonyl (C=O) groups is 1. The number of aryl methyl sites for hydroxylation is 1. The summed E-state index contributed by atoms with van der Waals surface area (Å²) in [5, 5.41) is 9.96. The Hall–Kier alpha value is -1.92. The first-order valence-electron chi connectivity index (χ1n) is 7.66. The molecule has 0 spiro atoms. The summed E-state index contributed by atoms with van der Waals surface area (Å²) in [5.41, 5.74) is 2.09. The molecule has 1 saturated heterocycles. The van der Waals surface area contributed by atoms with Gasteiger partial charge in [-0.15, -0.1) is 12.4 Å². The topological polar surface area (TPSA) is 80.0 Å². The molecule has 1 amide bonds. The van der Waals surface area contributed by atoms with E-state index in [2.05, 4.69) is 20.8 Å². The van der Waals surface area contributed by atoms with Gasteiger partial charge >= 0.3 is 0 Å². The third-order valence-corrected chi connectivity index (χ3v) is 3.85. The Morgan fingerprint density at radius 3 is 2.65 bits per heavy atom. The van der Waals surface area contributed by atoms with Gasteiger partial charge in [0.05, 0.1) is 5.92 Å². The van der Waals surface area contributed by atoms with E-state index in [4.69, 9.17) is 4.52 Å². The van der Waals surface area contributed by atoms with Crippen LogP contribution in [0.4, 0.5) is 0 Å². The first-order chi connectivity index (χ1) is 10.8. The van der Waals surface area contributed by atoms with Crippen LogP contribution < -0.4 is 10.6 Å². The summed E-state index contributed by atoms with van der Waals surface area (Å²) in [6.07, 6.45) is 1.58. The molecule has 6 nitrogen and oxygen atoms in total. The van der Waals surface area contributed by atoms with Crippen LogP contribution in [0.1, 0.15) is 18.3 Å². The minimum absolute atomic E-state index is 0. The van der Waals surface area contributed by atoms with Crippen LogP contribution in [0.25, 0.3) is 11.5 Å². The predicted octanol–water partition coefficient (Wildman–Crippen LogP) is 1.60. The molecule has 2 aromatic rings. The lowest BCUT2D eigenvalue weighted by Crippen LogP contribution is -2.51. The zero-order chi connectivity index (χ0) is 15.4. The summed E-state index contributed by atoms with van der Waals surface area (Å²) in [5.74, 6) is 1.56. The van der Waals surface area contributed by atoms with Crippen molar-refractivity contribution in [2.24, 2.45) is 5.92 Å². The lowest BCUT2D eigenvalue weighted by molar-refractivity contribution is -0.126. The largest absolute Gasteiger partial charge is 0.355 e. The van der Waals surface area contributed by atoms with Gasteiger partial charge in [-0.25, -0.2) is 0 Å². The number of carbonyl (C=O) groups excluding carboxylic acids is 1. The molecular weight excluding hydrogens is 316 g/mol. The van der Waals surface area contributed by atoms with E-state index in [1.54, 1.807) is 0 Å². The Morgan fingerprint density at radius 1 is 1.35 bits per heavy atom. The maximum Gasteiger partial charge on any atom is 0.257 e. The smallest absolute Gasteiger partial charge is 0.257 e. The van der Waals surface area contributed by atoms with Gasteiger partial charge in [-0.1, -0.05) is 24.2 Å². The highest BCUT2D eigenvalue weighted by Crippen LogP contribution is 2.18. The molecule has 2 heterocycles. The number of rotatable bonds is 6. The first-order valence-corrected chi connectivity index (χ1v) is 7.66. The molecule has 0 bridgehead atoms. The Labute approximate surface area is 141 Å². The maximum atomic E-state index is 11.7. The van der Waals surface area contributed by atoms with Crippen molar-refractivity contribution in [2.45, 2.75) is 19.8 Å². The van der Waals surface area contributed by atoms with Gasteiger partial charge in [0.2, 0.25) is 5.91 Å². The van der Waals surface area contributed by atoms with E-state index < -0.39 is 0 Å². The molecule has 1 fully saturated rings. The van der Waals surface area contributed by atoms with E-state index in [-0.39, 0.29) is 24.2 Å². The first kappa shape index (κ1) is 17.4. The fraction of sp³-hybridized carbons (Fsp3) is 0.438. The van der Waals surface area contributed by atoms with Crippen LogP contribution in [0.2, 0.25) is 0 Å². The van der Waals surface area contributed by atoms with Gasteiger partial charge < -0.3 is 15.2 Å². The second-order valence-corrected chi connectivity index (χ2v) is 5.46. The van der Waals surface area contributed by atoms with Crippen LogP contribution in [0, 0.1) is 5.92 Å². The number of hydrogen-bond acceptors (Lipinski definition) is 5. The zero-order valence-electron chi connectivity index (χ0n) is 13.0. The molecule has 23 heavy (non-hydrogen) atoms. The molecule has 1 aromatic heterocycles. The van der Waals surface area contributed by atoms with Crippen LogP contribution in [0.15, 0.2) is 28.8 Å². The van der Waals surface area contributed by atoms with Crippen LogP contribution in [0.5, 0.6) is 0 Å². The van der Waals surface area contributed by atoms with E-state index in [1.807, 2.05) is 31.2 Å². The number of amides is 1. The van der Waals surface area contributed by atoms with E-state index in [0.717, 1.165) is 31.5 Å². The van der Waals surface area contributed by atoms with Gasteiger partial charge in [0.25, 0.3) is 5.89 Å². The summed E-state index contributed by atoms with van der Waals surface area (Å²) in [6, 6.07) is 8.00. The van der Waals surface area contributed by atoms with Gasteiger partial charge in [-0.3, -0.25) is 4.79 Å². The minimum Gasteiger partial charge on any atom is -0.355 e. The van der Waals surface area contributed by atoms with Gasteiger partial charge in [-0.2, -0.15) is 4.98 Å². The molecule has 0 atom stereocenters. The van der Waals surface area contributed by atoms with E-state index in [1.165, 1.54) is 5.56 Å². The molecule has 0 saturated carbocycles. The molecule has 3 rings (SSSR count). The predicted molar refractivity (Wildman–Crippen MR) is 89.4 cm³/mol. The lowest BCUT2D eigenvalue weighted by atomic mass is 10.0. The highest BCUT2D eigenvalue weighted by atomic mass is 35.5. The van der Waals surface area contributed by atoms with Crippen LogP contribution >= 0.6 is 12.4 Å². The fourth-order valence-corrected chi connectivity index (χ4v) is 2.28. The molecule has 0 unspecified atom stereocenters. The molecule has 7 heteroatoms. The monoisotopic (exact) mass is 336 g/mol. The second kappa shape index (κ2) is 8.08. The van der Waals surface area contributed by atoms with Crippen molar-refractivity contribution in [1.82, 2.24) is 20.8 Å².